The Morgan fingerprint density at radius 2 is 1.45 bits per heavy atom. The summed E-state index contributed by atoms with van der Waals surface area (Å²) in [7, 11) is -1.58. The summed E-state index contributed by atoms with van der Waals surface area (Å²) in [5, 5.41) is -0.103. The topological polar surface area (TPSA) is 96.6 Å². The first-order valence-corrected chi connectivity index (χ1v) is 11.6. The molecule has 3 aromatic carbocycles. The minimum absolute atomic E-state index is 0.0202. The van der Waals surface area contributed by atoms with Gasteiger partial charge in [0.15, 0.2) is 0 Å². The van der Waals surface area contributed by atoms with Crippen molar-refractivity contribution in [2.45, 2.75) is 4.90 Å². The van der Waals surface area contributed by atoms with E-state index in [1.165, 1.54) is 74.9 Å². The van der Waals surface area contributed by atoms with Crippen LogP contribution in [0.15, 0.2) is 70.4 Å². The number of carbonyl (C=O) groups excluding carboxylic acids is 1. The quantitative estimate of drug-likeness (QED) is 0.405. The minimum atomic E-state index is -4.42. The standard InChI is InChI=1S/C22H16Cl2N2O6S/c1-31-13-6-9-15(10-7-13)33(29,30)26-19-11-8-14(32-2)12-16(19)21(27)25(26)22(28)20-17(23)4-3-5-18(20)24/h3-12H,1-2H3. The lowest BCUT2D eigenvalue weighted by Gasteiger charge is -2.14. The molecule has 0 aliphatic rings. The van der Waals surface area contributed by atoms with Crippen LogP contribution in [-0.2, 0) is 10.0 Å². The van der Waals surface area contributed by atoms with Crippen LogP contribution in [-0.4, -0.2) is 37.3 Å². The summed E-state index contributed by atoms with van der Waals surface area (Å²) < 4.78 is 38.7. The lowest BCUT2D eigenvalue weighted by Crippen LogP contribution is -2.34. The number of fused-ring (bicyclic) bond motifs is 1. The minimum Gasteiger partial charge on any atom is -0.497 e. The molecule has 0 saturated carbocycles. The van der Waals surface area contributed by atoms with E-state index in [2.05, 4.69) is 0 Å². The maximum absolute atomic E-state index is 13.7. The second-order valence-corrected chi connectivity index (χ2v) is 9.41. The molecule has 33 heavy (non-hydrogen) atoms. The zero-order chi connectivity index (χ0) is 23.9. The van der Waals surface area contributed by atoms with Crippen molar-refractivity contribution in [1.82, 2.24) is 8.77 Å². The lowest BCUT2D eigenvalue weighted by atomic mass is 10.2. The molecule has 1 heterocycles. The molecule has 0 atom stereocenters. The Kier molecular flexibility index (Phi) is 5.96. The molecule has 170 valence electrons. The number of aromatic nitrogens is 2. The van der Waals surface area contributed by atoms with E-state index in [1.807, 2.05) is 0 Å². The van der Waals surface area contributed by atoms with Gasteiger partial charge in [-0.3, -0.25) is 9.59 Å². The Labute approximate surface area is 198 Å². The summed E-state index contributed by atoms with van der Waals surface area (Å²) in [6.45, 7) is 0. The lowest BCUT2D eigenvalue weighted by molar-refractivity contribution is 0.0937. The number of hydrogen-bond donors (Lipinski definition) is 0. The third-order valence-electron chi connectivity index (χ3n) is 4.97. The fraction of sp³-hybridized carbons (Fsp3) is 0.0909. The molecular weight excluding hydrogens is 491 g/mol. The highest BCUT2D eigenvalue weighted by Gasteiger charge is 2.31. The number of hydrogen-bond acceptors (Lipinski definition) is 6. The molecule has 0 radical (unpaired) electrons. The largest absolute Gasteiger partial charge is 0.497 e. The summed E-state index contributed by atoms with van der Waals surface area (Å²) >= 11 is 12.4. The van der Waals surface area contributed by atoms with Gasteiger partial charge in [-0.25, -0.2) is 0 Å². The van der Waals surface area contributed by atoms with Gasteiger partial charge in [-0.15, -0.1) is 0 Å². The Morgan fingerprint density at radius 3 is 2.03 bits per heavy atom. The van der Waals surface area contributed by atoms with E-state index < -0.39 is 21.5 Å². The van der Waals surface area contributed by atoms with Crippen LogP contribution in [0.25, 0.3) is 10.9 Å². The molecule has 1 aromatic heterocycles. The van der Waals surface area contributed by atoms with Gasteiger partial charge < -0.3 is 9.47 Å². The van der Waals surface area contributed by atoms with Crippen molar-refractivity contribution in [1.29, 1.82) is 0 Å². The predicted molar refractivity (Wildman–Crippen MR) is 125 cm³/mol. The third kappa shape index (κ3) is 3.78. The summed E-state index contributed by atoms with van der Waals surface area (Å²) in [5.74, 6) is -0.246. The van der Waals surface area contributed by atoms with Crippen LogP contribution >= 0.6 is 23.2 Å². The molecule has 4 rings (SSSR count). The molecule has 0 aliphatic heterocycles. The average Bonchev–Trinajstić information content (AvgIpc) is 3.11. The van der Waals surface area contributed by atoms with Gasteiger partial charge in [0.1, 0.15) is 11.5 Å². The molecule has 0 N–H and O–H groups in total. The van der Waals surface area contributed by atoms with Crippen LogP contribution in [0.1, 0.15) is 10.4 Å². The molecule has 8 nitrogen and oxygen atoms in total. The highest BCUT2D eigenvalue weighted by Crippen LogP contribution is 2.28. The third-order valence-corrected chi connectivity index (χ3v) is 7.28. The molecule has 0 saturated heterocycles. The Hall–Kier alpha value is -3.27. The van der Waals surface area contributed by atoms with E-state index in [0.717, 1.165) is 0 Å². The van der Waals surface area contributed by atoms with Crippen LogP contribution in [0.3, 0.4) is 0 Å². The van der Waals surface area contributed by atoms with Crippen LogP contribution in [0.4, 0.5) is 0 Å². The van der Waals surface area contributed by atoms with Crippen LogP contribution in [0, 0.1) is 0 Å². The van der Waals surface area contributed by atoms with E-state index in [0.29, 0.717) is 20.3 Å². The number of nitrogens with zero attached hydrogens (tertiary/aromatic N) is 2. The van der Waals surface area contributed by atoms with E-state index in [-0.39, 0.29) is 31.4 Å². The molecular formula is C22H16Cl2N2O6S. The molecule has 0 unspecified atom stereocenters. The number of rotatable bonds is 5. The molecule has 4 aromatic rings. The normalized spacial score (nSPS) is 11.5. The van der Waals surface area contributed by atoms with Gasteiger partial charge in [0, 0.05) is 0 Å². The van der Waals surface area contributed by atoms with Gasteiger partial charge in [-0.2, -0.15) is 17.2 Å². The smallest absolute Gasteiger partial charge is 0.283 e. The zero-order valence-electron chi connectivity index (χ0n) is 17.3. The van der Waals surface area contributed by atoms with Gasteiger partial charge in [-0.05, 0) is 54.6 Å². The summed E-state index contributed by atoms with van der Waals surface area (Å²) in [6, 6.07) is 14.1. The van der Waals surface area contributed by atoms with Crippen molar-refractivity contribution in [2.75, 3.05) is 14.2 Å². The first kappa shape index (κ1) is 22.9. The van der Waals surface area contributed by atoms with Crippen LogP contribution in [0.2, 0.25) is 10.0 Å². The molecule has 0 bridgehead atoms. The second kappa shape index (κ2) is 8.58. The van der Waals surface area contributed by atoms with E-state index in [4.69, 9.17) is 32.7 Å². The predicted octanol–water partition coefficient (Wildman–Crippen LogP) is 4.05. The maximum Gasteiger partial charge on any atom is 0.283 e. The highest BCUT2D eigenvalue weighted by molar-refractivity contribution is 7.90. The summed E-state index contributed by atoms with van der Waals surface area (Å²) in [6.07, 6.45) is 0. The summed E-state index contributed by atoms with van der Waals surface area (Å²) in [4.78, 5) is 26.7. The Balaban J connectivity index is 2.08. The van der Waals surface area contributed by atoms with Crippen molar-refractivity contribution >= 4 is 50.0 Å². The van der Waals surface area contributed by atoms with Crippen LogP contribution < -0.4 is 15.0 Å². The van der Waals surface area contributed by atoms with Gasteiger partial charge in [-0.1, -0.05) is 29.3 Å². The van der Waals surface area contributed by atoms with Crippen molar-refractivity contribution in [3.8, 4) is 11.5 Å². The molecule has 0 spiro atoms. The highest BCUT2D eigenvalue weighted by atomic mass is 35.5. The fourth-order valence-electron chi connectivity index (χ4n) is 3.35. The Bertz CT molecular complexity index is 1540. The van der Waals surface area contributed by atoms with Gasteiger partial charge in [0.05, 0.1) is 45.6 Å². The van der Waals surface area contributed by atoms with E-state index in [1.54, 1.807) is 0 Å². The number of halogens is 2. The number of carbonyl (C=O) groups is 1. The first-order valence-electron chi connectivity index (χ1n) is 9.41. The number of benzene rings is 3. The van der Waals surface area contributed by atoms with Crippen molar-refractivity contribution < 1.29 is 22.7 Å². The molecule has 0 aliphatic carbocycles. The average molecular weight is 507 g/mol. The van der Waals surface area contributed by atoms with Crippen LogP contribution in [0.5, 0.6) is 11.5 Å². The first-order chi connectivity index (χ1) is 15.7. The molecule has 11 heteroatoms. The number of methoxy groups -OCH3 is 2. The summed E-state index contributed by atoms with van der Waals surface area (Å²) in [5.41, 5.74) is -1.10. The Morgan fingerprint density at radius 1 is 0.879 bits per heavy atom. The second-order valence-electron chi connectivity index (χ2n) is 6.83. The van der Waals surface area contributed by atoms with Crippen molar-refractivity contribution in [3.05, 3.63) is 86.6 Å². The van der Waals surface area contributed by atoms with Crippen molar-refractivity contribution in [3.63, 3.8) is 0 Å². The van der Waals surface area contributed by atoms with Crippen molar-refractivity contribution in [2.24, 2.45) is 0 Å². The zero-order valence-corrected chi connectivity index (χ0v) is 19.6. The molecule has 0 amide bonds. The maximum atomic E-state index is 13.7. The molecule has 0 fully saturated rings. The van der Waals surface area contributed by atoms with Gasteiger partial charge in [0.2, 0.25) is 0 Å². The van der Waals surface area contributed by atoms with E-state index >= 15 is 0 Å². The van der Waals surface area contributed by atoms with E-state index in [9.17, 15) is 18.0 Å². The fourth-order valence-corrected chi connectivity index (χ4v) is 5.37. The number of ether oxygens (including phenoxy) is 2. The SMILES string of the molecule is COc1ccc(S(=O)(=O)n2c3ccc(OC)cc3c(=O)n2C(=O)c2c(Cl)cccc2Cl)cc1. The monoisotopic (exact) mass is 506 g/mol. The van der Waals surface area contributed by atoms with Gasteiger partial charge in [0.25, 0.3) is 21.5 Å². The van der Waals surface area contributed by atoms with Gasteiger partial charge >= 0.3 is 0 Å².